The van der Waals surface area contributed by atoms with Gasteiger partial charge in [-0.1, -0.05) is 0 Å². The first kappa shape index (κ1) is 16.4. The van der Waals surface area contributed by atoms with Crippen molar-refractivity contribution in [1.29, 1.82) is 0 Å². The zero-order valence-corrected chi connectivity index (χ0v) is 12.1. The Morgan fingerprint density at radius 1 is 1.33 bits per heavy atom. The van der Waals surface area contributed by atoms with Gasteiger partial charge in [0.1, 0.15) is 5.56 Å². The van der Waals surface area contributed by atoms with Crippen LogP contribution < -0.4 is 16.4 Å². The molecule has 0 aliphatic carbocycles. The average Bonchev–Trinajstić information content (AvgIpc) is 2.33. The van der Waals surface area contributed by atoms with Gasteiger partial charge in [0.2, 0.25) is 5.91 Å². The van der Waals surface area contributed by atoms with Gasteiger partial charge in [0.15, 0.2) is 0 Å². The van der Waals surface area contributed by atoms with Crippen LogP contribution in [0.25, 0.3) is 0 Å². The number of nitrogens with two attached hydrogens (primary N) is 1. The number of nitro groups is 1. The minimum absolute atomic E-state index is 0.177. The van der Waals surface area contributed by atoms with Crippen LogP contribution in [0.3, 0.4) is 0 Å². The predicted octanol–water partition coefficient (Wildman–Crippen LogP) is 0.821. The van der Waals surface area contributed by atoms with Gasteiger partial charge in [0.25, 0.3) is 11.6 Å². The van der Waals surface area contributed by atoms with Crippen molar-refractivity contribution in [2.24, 2.45) is 0 Å². The van der Waals surface area contributed by atoms with Gasteiger partial charge in [-0.05, 0) is 32.9 Å². The lowest BCUT2D eigenvalue weighted by Crippen LogP contribution is -2.45. The minimum atomic E-state index is -0.724. The topological polar surface area (TPSA) is 127 Å². The highest BCUT2D eigenvalue weighted by Gasteiger charge is 2.21. The number of carbonyl (C=O) groups is 2. The lowest BCUT2D eigenvalue weighted by atomic mass is 10.1. The van der Waals surface area contributed by atoms with Crippen molar-refractivity contribution in [2.75, 3.05) is 12.3 Å². The molecular weight excluding hydrogens is 276 g/mol. The molecule has 1 aromatic rings. The van der Waals surface area contributed by atoms with Crippen LogP contribution in [0.2, 0.25) is 0 Å². The summed E-state index contributed by atoms with van der Waals surface area (Å²) in [6.07, 6.45) is 0. The highest BCUT2D eigenvalue weighted by Crippen LogP contribution is 2.20. The van der Waals surface area contributed by atoms with Crippen LogP contribution in [0.1, 0.15) is 31.1 Å². The molecule has 0 bridgehead atoms. The summed E-state index contributed by atoms with van der Waals surface area (Å²) < 4.78 is 0. The van der Waals surface area contributed by atoms with Crippen LogP contribution in [-0.4, -0.2) is 28.8 Å². The fourth-order valence-electron chi connectivity index (χ4n) is 1.61. The van der Waals surface area contributed by atoms with Crippen molar-refractivity contribution in [2.45, 2.75) is 26.3 Å². The van der Waals surface area contributed by atoms with Crippen molar-refractivity contribution in [3.63, 3.8) is 0 Å². The predicted molar refractivity (Wildman–Crippen MR) is 77.7 cm³/mol. The number of carbonyl (C=O) groups excluding carboxylic acids is 2. The Morgan fingerprint density at radius 3 is 2.48 bits per heavy atom. The fraction of sp³-hybridized carbons (Fsp3) is 0.385. The first-order valence-electron chi connectivity index (χ1n) is 6.23. The van der Waals surface area contributed by atoms with E-state index in [0.29, 0.717) is 0 Å². The molecule has 8 heteroatoms. The molecule has 0 aromatic heterocycles. The Hall–Kier alpha value is -2.64. The van der Waals surface area contributed by atoms with Crippen molar-refractivity contribution < 1.29 is 14.5 Å². The van der Waals surface area contributed by atoms with Gasteiger partial charge in [-0.15, -0.1) is 0 Å². The second kappa shape index (κ2) is 6.21. The molecule has 2 amide bonds. The summed E-state index contributed by atoms with van der Waals surface area (Å²) in [6.45, 7) is 5.13. The molecule has 114 valence electrons. The van der Waals surface area contributed by atoms with E-state index in [9.17, 15) is 19.7 Å². The van der Waals surface area contributed by atoms with Crippen molar-refractivity contribution >= 4 is 23.2 Å². The smallest absolute Gasteiger partial charge is 0.282 e. The van der Waals surface area contributed by atoms with Crippen LogP contribution in [0.4, 0.5) is 11.4 Å². The summed E-state index contributed by atoms with van der Waals surface area (Å²) >= 11 is 0. The first-order chi connectivity index (χ1) is 9.60. The molecule has 1 rings (SSSR count). The quantitative estimate of drug-likeness (QED) is 0.430. The largest absolute Gasteiger partial charge is 0.399 e. The second-order valence-corrected chi connectivity index (χ2v) is 5.51. The second-order valence-electron chi connectivity index (χ2n) is 5.51. The maximum absolute atomic E-state index is 11.9. The number of rotatable bonds is 4. The maximum atomic E-state index is 11.9. The molecule has 0 saturated heterocycles. The van der Waals surface area contributed by atoms with E-state index < -0.39 is 16.4 Å². The van der Waals surface area contributed by atoms with Crippen molar-refractivity contribution in [3.05, 3.63) is 33.9 Å². The van der Waals surface area contributed by atoms with E-state index in [0.717, 1.165) is 6.07 Å². The summed E-state index contributed by atoms with van der Waals surface area (Å²) in [7, 11) is 0. The summed E-state index contributed by atoms with van der Waals surface area (Å²) in [5.41, 5.74) is 4.78. The first-order valence-corrected chi connectivity index (χ1v) is 6.23. The number of nitrogens with zero attached hydrogens (tertiary/aromatic N) is 1. The van der Waals surface area contributed by atoms with Gasteiger partial charge in [0, 0.05) is 17.3 Å². The van der Waals surface area contributed by atoms with Gasteiger partial charge in [-0.3, -0.25) is 19.7 Å². The molecule has 21 heavy (non-hydrogen) atoms. The van der Waals surface area contributed by atoms with E-state index in [1.807, 2.05) is 0 Å². The molecule has 1 aromatic carbocycles. The van der Waals surface area contributed by atoms with Crippen LogP contribution in [0, 0.1) is 10.1 Å². The number of nitrogens with one attached hydrogen (secondary N) is 2. The van der Waals surface area contributed by atoms with Crippen LogP contribution in [0.5, 0.6) is 0 Å². The van der Waals surface area contributed by atoms with E-state index in [4.69, 9.17) is 5.73 Å². The average molecular weight is 294 g/mol. The van der Waals surface area contributed by atoms with E-state index >= 15 is 0 Å². The van der Waals surface area contributed by atoms with Crippen LogP contribution in [0.15, 0.2) is 18.2 Å². The molecule has 0 radical (unpaired) electrons. The zero-order chi connectivity index (χ0) is 16.2. The lowest BCUT2D eigenvalue weighted by Gasteiger charge is -2.20. The summed E-state index contributed by atoms with van der Waals surface area (Å²) in [6, 6.07) is 3.69. The number of nitrogen functional groups attached to an aromatic ring is 1. The Labute approximate surface area is 121 Å². The highest BCUT2D eigenvalue weighted by atomic mass is 16.6. The summed E-state index contributed by atoms with van der Waals surface area (Å²) in [4.78, 5) is 33.7. The maximum Gasteiger partial charge on any atom is 0.282 e. The van der Waals surface area contributed by atoms with Gasteiger partial charge >= 0.3 is 0 Å². The Bertz CT molecular complexity index is 578. The van der Waals surface area contributed by atoms with Crippen LogP contribution in [-0.2, 0) is 4.79 Å². The minimum Gasteiger partial charge on any atom is -0.399 e. The van der Waals surface area contributed by atoms with Gasteiger partial charge in [-0.25, -0.2) is 0 Å². The van der Waals surface area contributed by atoms with E-state index in [1.165, 1.54) is 12.1 Å². The Morgan fingerprint density at radius 2 is 1.95 bits per heavy atom. The SMILES string of the molecule is CC(C)(C)NC(=O)CNC(=O)c1cc(N)ccc1[N+](=O)[O-]. The number of anilines is 1. The van der Waals surface area contributed by atoms with Gasteiger partial charge in [-0.2, -0.15) is 0 Å². The van der Waals surface area contributed by atoms with Crippen LogP contribution >= 0.6 is 0 Å². The molecule has 0 heterocycles. The molecule has 4 N–H and O–H groups in total. The van der Waals surface area contributed by atoms with Crippen molar-refractivity contribution in [3.8, 4) is 0 Å². The molecule has 0 atom stereocenters. The lowest BCUT2D eigenvalue weighted by molar-refractivity contribution is -0.385. The molecule has 0 saturated carbocycles. The molecule has 0 fully saturated rings. The van der Waals surface area contributed by atoms with E-state index in [1.54, 1.807) is 20.8 Å². The number of benzene rings is 1. The monoisotopic (exact) mass is 294 g/mol. The van der Waals surface area contributed by atoms with Crippen molar-refractivity contribution in [1.82, 2.24) is 10.6 Å². The molecule has 0 unspecified atom stereocenters. The highest BCUT2D eigenvalue weighted by molar-refractivity contribution is 6.00. The van der Waals surface area contributed by atoms with E-state index in [2.05, 4.69) is 10.6 Å². The third-order valence-electron chi connectivity index (χ3n) is 2.39. The summed E-state index contributed by atoms with van der Waals surface area (Å²) in [5.74, 6) is -1.11. The number of nitro benzene ring substituents is 1. The van der Waals surface area contributed by atoms with E-state index in [-0.39, 0.29) is 29.4 Å². The normalized spacial score (nSPS) is 10.8. The molecular formula is C13H18N4O4. The third kappa shape index (κ3) is 5.09. The fourth-order valence-corrected chi connectivity index (χ4v) is 1.61. The number of amides is 2. The molecule has 8 nitrogen and oxygen atoms in total. The summed E-state index contributed by atoms with van der Waals surface area (Å²) in [5, 5.41) is 15.9. The molecule has 0 spiro atoms. The molecule has 0 aliphatic heterocycles. The van der Waals surface area contributed by atoms with Gasteiger partial charge < -0.3 is 16.4 Å². The Balaban J connectivity index is 2.79. The zero-order valence-electron chi connectivity index (χ0n) is 12.1. The Kier molecular flexibility index (Phi) is 4.85. The third-order valence-corrected chi connectivity index (χ3v) is 2.39. The number of hydrogen-bond acceptors (Lipinski definition) is 5. The number of hydrogen-bond donors (Lipinski definition) is 3. The standard InChI is InChI=1S/C13H18N4O4/c1-13(2,3)16-11(18)7-15-12(19)9-6-8(14)4-5-10(9)17(20)21/h4-6H,7,14H2,1-3H3,(H,15,19)(H,16,18). The van der Waals surface area contributed by atoms with Gasteiger partial charge in [0.05, 0.1) is 11.5 Å². The molecule has 0 aliphatic rings.